The van der Waals surface area contributed by atoms with E-state index in [9.17, 15) is 4.79 Å². The van der Waals surface area contributed by atoms with Crippen molar-refractivity contribution in [1.82, 2.24) is 0 Å². The minimum absolute atomic E-state index is 0.0644. The van der Waals surface area contributed by atoms with E-state index in [0.29, 0.717) is 5.56 Å². The van der Waals surface area contributed by atoms with Crippen LogP contribution in [0.3, 0.4) is 0 Å². The number of halogens is 1. The average molecular weight is 458 g/mol. The molecule has 3 aromatic rings. The lowest BCUT2D eigenvalue weighted by molar-refractivity contribution is -1.04. The lowest BCUT2D eigenvalue weighted by Crippen LogP contribution is -3.85. The van der Waals surface area contributed by atoms with Crippen molar-refractivity contribution >= 4 is 5.97 Å². The van der Waals surface area contributed by atoms with Crippen LogP contribution in [0.5, 0.6) is 0 Å². The van der Waals surface area contributed by atoms with Crippen molar-refractivity contribution < 1.29 is 28.1 Å². The Morgan fingerprint density at radius 3 is 1.62 bits per heavy atom. The second-order valence-corrected chi connectivity index (χ2v) is 11.4. The summed E-state index contributed by atoms with van der Waals surface area (Å²) >= 11 is -2.28. The first-order valence-corrected chi connectivity index (χ1v) is 11.6. The van der Waals surface area contributed by atoms with E-state index in [-0.39, 0.29) is 11.4 Å². The van der Waals surface area contributed by atoms with Gasteiger partial charge in [-0.2, -0.15) is 0 Å². The van der Waals surface area contributed by atoms with Gasteiger partial charge in [-0.25, -0.2) is 7.86 Å². The topological polar surface area (TPSA) is 26.3 Å². The first-order valence-electron chi connectivity index (χ1n) is 8.58. The van der Waals surface area contributed by atoms with Gasteiger partial charge in [0, 0.05) is 0 Å². The van der Waals surface area contributed by atoms with Crippen LogP contribution in [0.15, 0.2) is 84.9 Å². The molecular weight excluding hydrogens is 435 g/mol. The van der Waals surface area contributed by atoms with E-state index < -0.39 is 20.2 Å². The summed E-state index contributed by atoms with van der Waals surface area (Å²) in [6.07, 6.45) is 0. The van der Waals surface area contributed by atoms with Gasteiger partial charge in [0.25, 0.3) is 0 Å². The molecule has 0 fully saturated rings. The van der Waals surface area contributed by atoms with Gasteiger partial charge in [0.1, 0.15) is 0 Å². The molecule has 0 saturated carbocycles. The molecule has 0 amide bonds. The van der Waals surface area contributed by atoms with E-state index in [2.05, 4.69) is 20.8 Å². The Bertz CT molecular complexity index is 811. The molecule has 0 unspecified atom stereocenters. The highest BCUT2D eigenvalue weighted by atomic mass is 127. The maximum atomic E-state index is 12.8. The van der Waals surface area contributed by atoms with Gasteiger partial charge in [-0.3, -0.25) is 0 Å². The van der Waals surface area contributed by atoms with Crippen LogP contribution >= 0.6 is 0 Å². The molecule has 0 aromatic heterocycles. The van der Waals surface area contributed by atoms with Gasteiger partial charge in [0.05, 0.1) is 5.56 Å². The highest BCUT2D eigenvalue weighted by molar-refractivity contribution is 5.88. The van der Waals surface area contributed by atoms with Crippen molar-refractivity contribution in [3.05, 3.63) is 103 Å². The summed E-state index contributed by atoms with van der Waals surface area (Å²) in [5.74, 6) is -0.247. The molecule has 0 atom stereocenters. The molecule has 2 nitrogen and oxygen atoms in total. The molecule has 0 aliphatic rings. The van der Waals surface area contributed by atoms with Crippen molar-refractivity contribution in [1.29, 1.82) is 0 Å². The number of benzene rings is 3. The first-order chi connectivity index (χ1) is 12.4. The molecule has 0 N–H and O–H groups in total. The second kappa shape index (κ2) is 8.04. The van der Waals surface area contributed by atoms with E-state index in [1.54, 1.807) is 0 Å². The lowest BCUT2D eigenvalue weighted by atomic mass is 9.87. The van der Waals surface area contributed by atoms with Crippen LogP contribution < -0.4 is 20.2 Å². The zero-order valence-electron chi connectivity index (χ0n) is 15.3. The van der Waals surface area contributed by atoms with Crippen molar-refractivity contribution in [2.75, 3.05) is 0 Å². The smallest absolute Gasteiger partial charge is 0.241 e. The maximum absolute atomic E-state index is 12.8. The molecule has 1 radical (unpaired) electrons. The van der Waals surface area contributed by atoms with Crippen molar-refractivity contribution in [3.63, 3.8) is 0 Å². The Hall–Kier alpha value is -2.14. The molecule has 0 spiro atoms. The summed E-state index contributed by atoms with van der Waals surface area (Å²) < 4.78 is 8.28. The highest BCUT2D eigenvalue weighted by Crippen LogP contribution is 2.22. The second-order valence-electron chi connectivity index (χ2n) is 7.03. The SMILES string of the molecule is CC(C)(C)c1ccc(C(=O)O[I+](c2ccccc2)c2ccccc2)cc1. The quantitative estimate of drug-likeness (QED) is 0.562. The van der Waals surface area contributed by atoms with Crippen LogP contribution in [-0.4, -0.2) is 5.97 Å². The summed E-state index contributed by atoms with van der Waals surface area (Å²) in [4.78, 5) is 12.8. The number of carbonyl (C=O) groups excluding carboxylic acids is 1. The van der Waals surface area contributed by atoms with E-state index in [1.165, 1.54) is 5.56 Å². The van der Waals surface area contributed by atoms with Crippen LogP contribution in [0.25, 0.3) is 0 Å². The summed E-state index contributed by atoms with van der Waals surface area (Å²) in [6, 6.07) is 27.9. The molecular formula is C23H23IO2+. The Kier molecular flexibility index (Phi) is 5.77. The monoisotopic (exact) mass is 458 g/mol. The normalized spacial score (nSPS) is 11.4. The largest absolute Gasteiger partial charge is 0.390 e. The zero-order chi connectivity index (χ0) is 18.6. The predicted octanol–water partition coefficient (Wildman–Crippen LogP) is 2.42. The molecule has 3 heteroatoms. The number of carbonyl (C=O) groups is 1. The molecule has 0 saturated heterocycles. The van der Waals surface area contributed by atoms with Crippen LogP contribution in [0.1, 0.15) is 36.7 Å². The molecule has 0 aliphatic heterocycles. The molecule has 0 aliphatic carbocycles. The summed E-state index contributed by atoms with van der Waals surface area (Å²) in [7, 11) is 0. The molecule has 26 heavy (non-hydrogen) atoms. The zero-order valence-corrected chi connectivity index (χ0v) is 17.4. The maximum Gasteiger partial charge on any atom is 0.390 e. The minimum Gasteiger partial charge on any atom is -0.241 e. The van der Waals surface area contributed by atoms with Gasteiger partial charge in [0.2, 0.25) is 0 Å². The average Bonchev–Trinajstić information content (AvgIpc) is 2.67. The van der Waals surface area contributed by atoms with Gasteiger partial charge in [-0.15, -0.1) is 0 Å². The number of hydrogen-bond donors (Lipinski definition) is 0. The Balaban J connectivity index is 1.86. The third kappa shape index (κ3) is 4.52. The molecule has 3 rings (SSSR count). The molecule has 0 heterocycles. The lowest BCUT2D eigenvalue weighted by Gasteiger charge is -2.18. The first kappa shape index (κ1) is 18.6. The van der Waals surface area contributed by atoms with Crippen LogP contribution in [-0.2, 0) is 8.48 Å². The molecule has 133 valence electrons. The third-order valence-corrected chi connectivity index (χ3v) is 8.54. The highest BCUT2D eigenvalue weighted by Gasteiger charge is 2.34. The molecule has 0 bridgehead atoms. The predicted molar refractivity (Wildman–Crippen MR) is 101 cm³/mol. The van der Waals surface area contributed by atoms with Crippen molar-refractivity contribution in [3.8, 4) is 0 Å². The minimum atomic E-state index is -2.28. The van der Waals surface area contributed by atoms with E-state index in [4.69, 9.17) is 3.07 Å². The van der Waals surface area contributed by atoms with Gasteiger partial charge in [-0.05, 0) is 47.4 Å². The fraction of sp³-hybridized carbons (Fsp3) is 0.174. The summed E-state index contributed by atoms with van der Waals surface area (Å²) in [5.41, 5.74) is 1.87. The standard InChI is InChI=1S/C23H23IO2/c1-23(2,3)19-16-14-18(15-17-19)22(25)26-24(20-10-6-4-7-11-20)21-12-8-5-9-13-21/h4-17H,1-3H3/q+1. The Morgan fingerprint density at radius 2 is 1.19 bits per heavy atom. The van der Waals surface area contributed by atoms with Crippen LogP contribution in [0.2, 0.25) is 0 Å². The van der Waals surface area contributed by atoms with E-state index >= 15 is 0 Å². The Labute approximate surface area is 163 Å². The van der Waals surface area contributed by atoms with Gasteiger partial charge in [-0.1, -0.05) is 69.3 Å². The van der Waals surface area contributed by atoms with Gasteiger partial charge < -0.3 is 0 Å². The van der Waals surface area contributed by atoms with Crippen molar-refractivity contribution in [2.45, 2.75) is 26.2 Å². The summed E-state index contributed by atoms with van der Waals surface area (Å²) in [6.45, 7) is 6.49. The summed E-state index contributed by atoms with van der Waals surface area (Å²) in [5, 5.41) is 0. The number of rotatable bonds is 4. The van der Waals surface area contributed by atoms with Gasteiger partial charge >= 0.3 is 26.2 Å². The van der Waals surface area contributed by atoms with E-state index in [0.717, 1.165) is 7.14 Å². The number of hydrogen-bond acceptors (Lipinski definition) is 2. The third-order valence-electron chi connectivity index (χ3n) is 4.00. The van der Waals surface area contributed by atoms with Gasteiger partial charge in [0.15, 0.2) is 7.14 Å². The fourth-order valence-electron chi connectivity index (χ4n) is 2.49. The van der Waals surface area contributed by atoms with Crippen LogP contribution in [0, 0.1) is 7.14 Å². The van der Waals surface area contributed by atoms with E-state index in [1.807, 2.05) is 84.9 Å². The molecule has 3 aromatic carbocycles. The van der Waals surface area contributed by atoms with Crippen LogP contribution in [0.4, 0.5) is 0 Å². The Morgan fingerprint density at radius 1 is 0.731 bits per heavy atom. The van der Waals surface area contributed by atoms with Crippen molar-refractivity contribution in [2.24, 2.45) is 0 Å². The fourth-order valence-corrected chi connectivity index (χ4v) is 6.51.